The number of nitrogens with zero attached hydrogens (tertiary/aromatic N) is 8. The van der Waals surface area contributed by atoms with Crippen LogP contribution in [0.15, 0.2) is 166 Å². The average molecular weight is 1330 g/mol. The van der Waals surface area contributed by atoms with Gasteiger partial charge in [-0.1, -0.05) is 18.2 Å². The first-order valence-electron chi connectivity index (χ1n) is 23.2. The maximum absolute atomic E-state index is 14.8. The summed E-state index contributed by atoms with van der Waals surface area (Å²) >= 11 is 1.29. The third-order valence-corrected chi connectivity index (χ3v) is 13.9. The van der Waals surface area contributed by atoms with Crippen molar-refractivity contribution < 1.29 is 234 Å². The first-order chi connectivity index (χ1) is 40.5. The van der Waals surface area contributed by atoms with Crippen LogP contribution in [0.1, 0.15) is 31.8 Å². The number of ether oxygens (including phenoxy) is 1. The number of phenolic OH excluding ortho intramolecular Hbond substituents is 1. The van der Waals surface area contributed by atoms with Crippen molar-refractivity contribution in [3.05, 3.63) is 148 Å². The number of aromatic carboxylic acids is 1. The monoisotopic (exact) mass is 1330 g/mol. The molecule has 0 unspecified atom stereocenters. The number of Topliss-reactive ketones (excluding diaryl/α,β-unsaturated/α-hetero) is 1. The number of azo groups is 2. The number of ketones is 1. The normalized spacial score (nSPS) is 12.2. The predicted octanol–water partition coefficient (Wildman–Crippen LogP) is -7.56. The fourth-order valence-electron chi connectivity index (χ4n) is 7.80. The van der Waals surface area contributed by atoms with Crippen LogP contribution in [-0.4, -0.2) is 62.7 Å². The summed E-state index contributed by atoms with van der Waals surface area (Å²) < 4.78 is 57.1. The number of phenols is 2. The van der Waals surface area contributed by atoms with Crippen LogP contribution in [0.3, 0.4) is 0 Å². The van der Waals surface area contributed by atoms with Crippen LogP contribution in [0.25, 0.3) is 16.8 Å². The number of hydrazone groups is 1. The number of hydrogen-bond acceptors (Lipinski definition) is 33. The van der Waals surface area contributed by atoms with Gasteiger partial charge < -0.3 is 61.1 Å². The van der Waals surface area contributed by atoms with Gasteiger partial charge in [0.2, 0.25) is 23.6 Å². The third-order valence-electron chi connectivity index (χ3n) is 11.4. The van der Waals surface area contributed by atoms with E-state index in [2.05, 4.69) is 90.0 Å². The molecule has 39 heteroatoms. The largest absolute Gasteiger partial charge is 1.00 e. The van der Waals surface area contributed by atoms with Crippen molar-refractivity contribution in [1.82, 2.24) is 15.0 Å². The summed E-state index contributed by atoms with van der Waals surface area (Å²) in [5.74, 6) is -3.68. The number of methoxy groups -OCH3 is 1. The van der Waals surface area contributed by atoms with Gasteiger partial charge in [-0.15, -0.1) is 5.11 Å². The fourth-order valence-corrected chi connectivity index (χ4v) is 9.71. The smallest absolute Gasteiger partial charge is 0.744 e. The summed E-state index contributed by atoms with van der Waals surface area (Å²) in [6, 6.07) is 29.1. The third kappa shape index (κ3) is 20.4. The number of aromatic nitrogens is 3. The van der Waals surface area contributed by atoms with Crippen LogP contribution < -0.4 is 195 Å². The van der Waals surface area contributed by atoms with E-state index in [4.69, 9.17) is 4.74 Å². The van der Waals surface area contributed by atoms with Crippen LogP contribution in [-0.2, 0) is 38.2 Å². The SMILES string of the molecule is COc1cc(N=Nc2cc(SOO[O-])cc3cc(SOO[O-])cc(O)c23)c(C)cc1N/N=C1\C(=O)c2c(cc(S(=O)(=O)[O-])cc2Nc2nc(Nc3ccccc3)nc(Nc3ccc(N=Nc4ccc(C(=O)[O-])c(O)c4)cc3)n2)C=C1SOO[O-].[Na+].[Na+].[Na+].[Na+].[Na+]. The molecular weight excluding hydrogens is 1300 g/mol. The molecule has 1 aromatic heterocycles. The Labute approximate surface area is 626 Å². The molecule has 1 heterocycles. The van der Waals surface area contributed by atoms with Gasteiger partial charge in [-0.25, -0.2) is 8.42 Å². The molecule has 0 aliphatic heterocycles. The van der Waals surface area contributed by atoms with Crippen molar-refractivity contribution in [2.45, 2.75) is 21.6 Å². The van der Waals surface area contributed by atoms with Gasteiger partial charge in [0.1, 0.15) is 33.1 Å². The quantitative estimate of drug-likeness (QED) is 0.00817. The van der Waals surface area contributed by atoms with Gasteiger partial charge in [0.05, 0.1) is 104 Å². The zero-order valence-electron chi connectivity index (χ0n) is 47.3. The minimum atomic E-state index is -5.24. The molecule has 6 N–H and O–H groups in total. The summed E-state index contributed by atoms with van der Waals surface area (Å²) in [6.45, 7) is 1.64. The summed E-state index contributed by atoms with van der Waals surface area (Å²) in [7, 11) is -3.92. The van der Waals surface area contributed by atoms with Crippen LogP contribution in [0.5, 0.6) is 17.2 Å². The molecule has 430 valence electrons. The second-order valence-electron chi connectivity index (χ2n) is 16.8. The van der Waals surface area contributed by atoms with Crippen LogP contribution in [0, 0.1) is 6.92 Å². The molecular formula is C50H33N12Na5O18S4. The second kappa shape index (κ2) is 36.3. The summed E-state index contributed by atoms with van der Waals surface area (Å²) in [5, 5.41) is 106. The minimum absolute atomic E-state index is 0. The fraction of sp³-hybridized carbons (Fsp3) is 0.0400. The molecule has 89 heavy (non-hydrogen) atoms. The molecule has 0 atom stereocenters. The molecule has 0 fully saturated rings. The Morgan fingerprint density at radius 3 is 1.80 bits per heavy atom. The van der Waals surface area contributed by atoms with Crippen molar-refractivity contribution in [2.75, 3.05) is 28.5 Å². The standard InChI is InChI=1S/C50H38N12O18S4.5Na/c1-24-14-36(41(74-2)23-35(24)59-61-38-20-31(81-78-75-68)15-25-16-32(82-79-76-69)21-40(64)43(25)38)60-62-45-42(83-80-77-70)18-26-17-33(84(71,72)73)22-37(44(26)46(45)65)53-50-55-48(51-27-6-4-3-5-7-27)54-49(56-50)52-28-8-10-29(11-9-28)57-58-30-12-13-34(47(66)67)39(63)19-30;;;;;/h3-23,60,63-64,68-70H,1-2H3,(H,66,67)(H,71,72,73)(H3,51,52,53,54,55,56);;;;;/q;5*+1/p-5/b58-57?,61-59?,62-45-;;;;;. The van der Waals surface area contributed by atoms with Gasteiger partial charge in [0.25, 0.3) is 0 Å². The Kier molecular flexibility index (Phi) is 31.5. The number of para-hydroxylation sites is 1. The number of benzene rings is 7. The van der Waals surface area contributed by atoms with E-state index in [1.807, 2.05) is 0 Å². The van der Waals surface area contributed by atoms with Crippen LogP contribution >= 0.6 is 36.1 Å². The van der Waals surface area contributed by atoms with Gasteiger partial charge in [0, 0.05) is 38.9 Å². The number of allylic oxidation sites excluding steroid dienone is 1. The molecule has 30 nitrogen and oxygen atoms in total. The molecule has 0 bridgehead atoms. The Bertz CT molecular complexity index is 4100. The van der Waals surface area contributed by atoms with Gasteiger partial charge in [-0.2, -0.15) is 48.4 Å². The van der Waals surface area contributed by atoms with Crippen LogP contribution in [0.4, 0.5) is 63.3 Å². The number of carboxylic acids is 1. The number of nitrogens with one attached hydrogen (secondary N) is 4. The zero-order chi connectivity index (χ0) is 59.5. The van der Waals surface area contributed by atoms with Gasteiger partial charge in [-0.3, -0.25) is 25.3 Å². The van der Waals surface area contributed by atoms with E-state index in [1.165, 1.54) is 55.7 Å². The van der Waals surface area contributed by atoms with Gasteiger partial charge in [0.15, 0.2) is 0 Å². The van der Waals surface area contributed by atoms with Gasteiger partial charge >= 0.3 is 148 Å². The van der Waals surface area contributed by atoms with Crippen molar-refractivity contribution in [1.29, 1.82) is 0 Å². The molecule has 1 aliphatic carbocycles. The van der Waals surface area contributed by atoms with Crippen molar-refractivity contribution in [3.8, 4) is 17.2 Å². The molecule has 0 amide bonds. The van der Waals surface area contributed by atoms with E-state index in [9.17, 15) is 53.7 Å². The van der Waals surface area contributed by atoms with E-state index in [1.54, 1.807) is 61.5 Å². The van der Waals surface area contributed by atoms with E-state index >= 15 is 0 Å². The van der Waals surface area contributed by atoms with E-state index in [0.29, 0.717) is 52.1 Å². The summed E-state index contributed by atoms with van der Waals surface area (Å²) in [6.07, 6.45) is 1.21. The van der Waals surface area contributed by atoms with E-state index < -0.39 is 43.8 Å². The van der Waals surface area contributed by atoms with E-state index in [0.717, 1.165) is 24.3 Å². The topological polar surface area (TPSA) is 437 Å². The molecule has 0 radical (unpaired) electrons. The maximum atomic E-state index is 14.8. The molecule has 1 aliphatic rings. The van der Waals surface area contributed by atoms with Crippen molar-refractivity contribution in [3.63, 3.8) is 0 Å². The zero-order valence-corrected chi connectivity index (χ0v) is 60.5. The number of anilines is 7. The number of fused-ring (bicyclic) bond motifs is 2. The molecule has 8 aromatic rings. The van der Waals surface area contributed by atoms with Crippen molar-refractivity contribution >= 4 is 144 Å². The molecule has 7 aromatic carbocycles. The van der Waals surface area contributed by atoms with Gasteiger partial charge in [-0.05, 0) is 121 Å². The Hall–Kier alpha value is -4.24. The van der Waals surface area contributed by atoms with Crippen LogP contribution in [0.2, 0.25) is 0 Å². The predicted molar refractivity (Wildman–Crippen MR) is 290 cm³/mol. The number of aromatic hydroxyl groups is 2. The van der Waals surface area contributed by atoms with Crippen molar-refractivity contribution in [2.24, 2.45) is 25.6 Å². The maximum Gasteiger partial charge on any atom is 1.00 e. The molecule has 0 saturated carbocycles. The number of hydrogen-bond donors (Lipinski definition) is 6. The number of carbonyl (C=O) groups is 2. The number of rotatable bonds is 24. The Balaban J connectivity index is 0.00000339. The number of carboxylic acid groups (broad SMARTS) is 1. The summed E-state index contributed by atoms with van der Waals surface area (Å²) in [5.41, 5.74) is 3.56. The molecule has 0 saturated heterocycles. The molecule has 0 spiro atoms. The Morgan fingerprint density at radius 2 is 1.20 bits per heavy atom. The first kappa shape index (κ1) is 77.2. The minimum Gasteiger partial charge on any atom is -0.744 e. The first-order valence-corrected chi connectivity index (χ1v) is 26.9. The van der Waals surface area contributed by atoms with E-state index in [-0.39, 0.29) is 249 Å². The molecule has 9 rings (SSSR count). The number of aryl methyl sites for hydroxylation is 1. The summed E-state index contributed by atoms with van der Waals surface area (Å²) in [4.78, 5) is 39.0. The Morgan fingerprint density at radius 1 is 0.629 bits per heavy atom. The second-order valence-corrected chi connectivity index (χ2v) is 20.4. The number of carbonyl (C=O) groups excluding carboxylic acids is 2. The average Bonchev–Trinajstić information content (AvgIpc) is 0.841.